The molecule has 0 spiro atoms. The summed E-state index contributed by atoms with van der Waals surface area (Å²) in [5.41, 5.74) is 0.265. The Hall–Kier alpha value is -2.36. The number of rotatable bonds is 6. The van der Waals surface area contributed by atoms with E-state index >= 15 is 0 Å². The maximum Gasteiger partial charge on any atom is 0.289 e. The Morgan fingerprint density at radius 3 is 2.52 bits per heavy atom. The van der Waals surface area contributed by atoms with Gasteiger partial charge in [-0.05, 0) is 29.8 Å². The van der Waals surface area contributed by atoms with Gasteiger partial charge in [0.2, 0.25) is 10.0 Å². The molecule has 10 heteroatoms. The average Bonchev–Trinajstić information content (AvgIpc) is 2.65. The maximum absolute atomic E-state index is 12.9. The zero-order valence-corrected chi connectivity index (χ0v) is 16.0. The molecule has 8 nitrogen and oxygen atoms in total. The van der Waals surface area contributed by atoms with Gasteiger partial charge in [0, 0.05) is 19.2 Å². The lowest BCUT2D eigenvalue weighted by molar-refractivity contribution is -0.384. The number of hydrogen-bond acceptors (Lipinski definition) is 6. The molecule has 1 heterocycles. The summed E-state index contributed by atoms with van der Waals surface area (Å²) in [6, 6.07) is 8.68. The third-order valence-corrected chi connectivity index (χ3v) is 6.31. The van der Waals surface area contributed by atoms with E-state index in [1.54, 1.807) is 25.1 Å². The van der Waals surface area contributed by atoms with Gasteiger partial charge in [0.25, 0.3) is 5.69 Å². The smallest absolute Gasteiger partial charge is 0.289 e. The molecule has 0 N–H and O–H groups in total. The van der Waals surface area contributed by atoms with Crippen LogP contribution < -0.4 is 9.47 Å². The third kappa shape index (κ3) is 4.00. The van der Waals surface area contributed by atoms with E-state index in [4.69, 9.17) is 21.1 Å². The summed E-state index contributed by atoms with van der Waals surface area (Å²) in [4.78, 5) is 10.2. The van der Waals surface area contributed by atoms with E-state index in [9.17, 15) is 18.5 Å². The second kappa shape index (κ2) is 7.71. The van der Waals surface area contributed by atoms with Crippen LogP contribution >= 0.6 is 11.6 Å². The van der Waals surface area contributed by atoms with E-state index < -0.39 is 20.6 Å². The zero-order valence-electron chi connectivity index (χ0n) is 14.4. The van der Waals surface area contributed by atoms with Gasteiger partial charge in [-0.2, -0.15) is 4.31 Å². The molecule has 2 aromatic rings. The number of ether oxygens (including phenoxy) is 2. The molecule has 0 saturated heterocycles. The molecule has 144 valence electrons. The second-order valence-electron chi connectivity index (χ2n) is 5.78. The Kier molecular flexibility index (Phi) is 5.54. The Morgan fingerprint density at radius 1 is 1.15 bits per heavy atom. The molecule has 1 aliphatic heterocycles. The fraction of sp³-hybridized carbons (Fsp3) is 0.294. The van der Waals surface area contributed by atoms with Crippen molar-refractivity contribution in [2.75, 3.05) is 19.8 Å². The summed E-state index contributed by atoms with van der Waals surface area (Å²) >= 11 is 5.78. The van der Waals surface area contributed by atoms with Crippen LogP contribution in [0.5, 0.6) is 11.5 Å². The minimum Gasteiger partial charge on any atom is -0.486 e. The number of nitro groups is 1. The van der Waals surface area contributed by atoms with Crippen molar-refractivity contribution in [2.45, 2.75) is 18.4 Å². The van der Waals surface area contributed by atoms with Crippen LogP contribution in [0, 0.1) is 10.1 Å². The monoisotopic (exact) mass is 412 g/mol. The maximum atomic E-state index is 12.9. The molecular weight excluding hydrogens is 396 g/mol. The highest BCUT2D eigenvalue weighted by atomic mass is 35.5. The topological polar surface area (TPSA) is 99.0 Å². The normalized spacial score (nSPS) is 13.6. The second-order valence-corrected chi connectivity index (χ2v) is 8.12. The van der Waals surface area contributed by atoms with Crippen LogP contribution in [0.4, 0.5) is 5.69 Å². The van der Waals surface area contributed by atoms with Gasteiger partial charge in [0.05, 0.1) is 9.82 Å². The highest BCUT2D eigenvalue weighted by molar-refractivity contribution is 7.89. The molecule has 0 aromatic heterocycles. The van der Waals surface area contributed by atoms with Crippen molar-refractivity contribution in [2.24, 2.45) is 0 Å². The SMILES string of the molecule is CCN(Cc1ccc2c(c1)OCCO2)S(=O)(=O)c1ccc(Cl)c([N+](=O)[O-])c1. The lowest BCUT2D eigenvalue weighted by Crippen LogP contribution is -2.30. The Balaban J connectivity index is 1.90. The molecule has 27 heavy (non-hydrogen) atoms. The van der Waals surface area contributed by atoms with E-state index in [2.05, 4.69) is 0 Å². The first-order valence-electron chi connectivity index (χ1n) is 8.15. The van der Waals surface area contributed by atoms with E-state index in [-0.39, 0.29) is 23.0 Å². The molecule has 3 rings (SSSR count). The predicted octanol–water partition coefficient (Wildman–Crippen LogP) is 3.23. The minimum atomic E-state index is -3.95. The van der Waals surface area contributed by atoms with Gasteiger partial charge >= 0.3 is 0 Å². The van der Waals surface area contributed by atoms with Crippen molar-refractivity contribution >= 4 is 27.3 Å². The standard InChI is InChI=1S/C17H17ClN2O6S/c1-2-19(11-12-3-6-16-17(9-12)26-8-7-25-16)27(23,24)13-4-5-14(18)15(10-13)20(21)22/h3-6,9-10H,2,7-8,11H2,1H3. The lowest BCUT2D eigenvalue weighted by Gasteiger charge is -2.23. The van der Waals surface area contributed by atoms with Gasteiger partial charge in [0.15, 0.2) is 11.5 Å². The fourth-order valence-electron chi connectivity index (χ4n) is 2.70. The van der Waals surface area contributed by atoms with Crippen LogP contribution in [0.25, 0.3) is 0 Å². The molecule has 0 amide bonds. The molecule has 0 unspecified atom stereocenters. The first-order chi connectivity index (χ1) is 12.8. The molecule has 0 bridgehead atoms. The zero-order chi connectivity index (χ0) is 19.6. The first kappa shape index (κ1) is 19.4. The number of nitrogens with zero attached hydrogens (tertiary/aromatic N) is 2. The summed E-state index contributed by atoms with van der Waals surface area (Å²) < 4.78 is 38.1. The van der Waals surface area contributed by atoms with Crippen LogP contribution in [0.1, 0.15) is 12.5 Å². The third-order valence-electron chi connectivity index (χ3n) is 4.07. The molecule has 1 aliphatic rings. The first-order valence-corrected chi connectivity index (χ1v) is 9.97. The predicted molar refractivity (Wildman–Crippen MR) is 98.8 cm³/mol. The molecule has 0 fully saturated rings. The van der Waals surface area contributed by atoms with Crippen LogP contribution in [-0.4, -0.2) is 37.4 Å². The number of nitro benzene ring substituents is 1. The number of fused-ring (bicyclic) bond motifs is 1. The molecular formula is C17H17ClN2O6S. The number of hydrogen-bond donors (Lipinski definition) is 0. The molecule has 0 saturated carbocycles. The van der Waals surface area contributed by atoms with Gasteiger partial charge in [0.1, 0.15) is 18.2 Å². The summed E-state index contributed by atoms with van der Waals surface area (Å²) in [6.07, 6.45) is 0. The highest BCUT2D eigenvalue weighted by Crippen LogP contribution is 2.32. The van der Waals surface area contributed by atoms with Crippen molar-refractivity contribution in [1.29, 1.82) is 0 Å². The average molecular weight is 413 g/mol. The highest BCUT2D eigenvalue weighted by Gasteiger charge is 2.27. The summed E-state index contributed by atoms with van der Waals surface area (Å²) in [6.45, 7) is 2.87. The molecule has 0 radical (unpaired) electrons. The van der Waals surface area contributed by atoms with Crippen LogP contribution in [0.3, 0.4) is 0 Å². The number of sulfonamides is 1. The fourth-order valence-corrected chi connectivity index (χ4v) is 4.34. The largest absolute Gasteiger partial charge is 0.486 e. The van der Waals surface area contributed by atoms with Crippen molar-refractivity contribution < 1.29 is 22.8 Å². The van der Waals surface area contributed by atoms with Gasteiger partial charge in [-0.15, -0.1) is 0 Å². The summed E-state index contributed by atoms with van der Waals surface area (Å²) in [5, 5.41) is 10.9. The number of halogens is 1. The van der Waals surface area contributed by atoms with Gasteiger partial charge < -0.3 is 9.47 Å². The lowest BCUT2D eigenvalue weighted by atomic mass is 10.2. The van der Waals surface area contributed by atoms with Gasteiger partial charge in [-0.25, -0.2) is 8.42 Å². The van der Waals surface area contributed by atoms with Crippen molar-refractivity contribution in [3.05, 3.63) is 57.1 Å². The van der Waals surface area contributed by atoms with Crippen LogP contribution in [-0.2, 0) is 16.6 Å². The van der Waals surface area contributed by atoms with E-state index in [0.29, 0.717) is 30.3 Å². The Morgan fingerprint density at radius 2 is 1.85 bits per heavy atom. The van der Waals surface area contributed by atoms with E-state index in [1.165, 1.54) is 16.4 Å². The Labute approximate surface area is 161 Å². The van der Waals surface area contributed by atoms with Crippen LogP contribution in [0.15, 0.2) is 41.3 Å². The minimum absolute atomic E-state index is 0.0892. The Bertz CT molecular complexity index is 979. The quantitative estimate of drug-likeness (QED) is 0.533. The summed E-state index contributed by atoms with van der Waals surface area (Å²) in [7, 11) is -3.95. The molecule has 0 aliphatic carbocycles. The van der Waals surface area contributed by atoms with E-state index in [0.717, 1.165) is 6.07 Å². The summed E-state index contributed by atoms with van der Waals surface area (Å²) in [5.74, 6) is 1.18. The molecule has 0 atom stereocenters. The van der Waals surface area contributed by atoms with Crippen molar-refractivity contribution in [1.82, 2.24) is 4.31 Å². The van der Waals surface area contributed by atoms with Crippen molar-refractivity contribution in [3.63, 3.8) is 0 Å². The van der Waals surface area contributed by atoms with Gasteiger partial charge in [-0.3, -0.25) is 10.1 Å². The number of benzene rings is 2. The van der Waals surface area contributed by atoms with Crippen LogP contribution in [0.2, 0.25) is 5.02 Å². The molecule has 2 aromatic carbocycles. The van der Waals surface area contributed by atoms with Gasteiger partial charge in [-0.1, -0.05) is 24.6 Å². The van der Waals surface area contributed by atoms with Crippen molar-refractivity contribution in [3.8, 4) is 11.5 Å². The van der Waals surface area contributed by atoms with E-state index in [1.807, 2.05) is 0 Å².